The van der Waals surface area contributed by atoms with Gasteiger partial charge in [-0.05, 0) is 6.07 Å². The fraction of sp³-hybridized carbons (Fsp3) is 0.286. The largest absolute Gasteiger partial charge is 0.402 e. The first-order chi connectivity index (χ1) is 7.62. The molecule has 0 unspecified atom stereocenters. The van der Waals surface area contributed by atoms with Gasteiger partial charge in [0.2, 0.25) is 10.0 Å². The lowest BCUT2D eigenvalue weighted by molar-refractivity contribution is -0.121. The van der Waals surface area contributed by atoms with Gasteiger partial charge in [0, 0.05) is 6.20 Å². The Morgan fingerprint density at radius 3 is 2.41 bits per heavy atom. The highest BCUT2D eigenvalue weighted by Crippen LogP contribution is 2.22. The van der Waals surface area contributed by atoms with E-state index in [1.807, 2.05) is 0 Å². The Kier molecular flexibility index (Phi) is 4.23. The van der Waals surface area contributed by atoms with Crippen LogP contribution in [0.5, 0.6) is 0 Å². The summed E-state index contributed by atoms with van der Waals surface area (Å²) in [5, 5.41) is -0.303. The van der Waals surface area contributed by atoms with Crippen LogP contribution in [0.3, 0.4) is 0 Å². The molecule has 0 aromatic carbocycles. The predicted octanol–water partition coefficient (Wildman–Crippen LogP) is 2.23. The maximum absolute atomic E-state index is 11.9. The van der Waals surface area contributed by atoms with E-state index in [4.69, 9.17) is 23.2 Å². The van der Waals surface area contributed by atoms with Crippen molar-refractivity contribution in [2.45, 2.75) is 11.1 Å². The molecule has 0 bridgehead atoms. The summed E-state index contributed by atoms with van der Waals surface area (Å²) < 4.78 is 59.7. The molecule has 0 saturated heterocycles. The molecule has 1 N–H and O–H groups in total. The van der Waals surface area contributed by atoms with Crippen molar-refractivity contribution in [1.82, 2.24) is 9.71 Å². The van der Waals surface area contributed by atoms with Gasteiger partial charge >= 0.3 is 6.18 Å². The van der Waals surface area contributed by atoms with Crippen molar-refractivity contribution in [3.05, 3.63) is 22.4 Å². The lowest BCUT2D eigenvalue weighted by Gasteiger charge is -2.09. The zero-order valence-electron chi connectivity index (χ0n) is 7.92. The third kappa shape index (κ3) is 4.30. The van der Waals surface area contributed by atoms with E-state index in [-0.39, 0.29) is 10.2 Å². The molecule has 0 aliphatic rings. The first kappa shape index (κ1) is 14.5. The average molecular weight is 309 g/mol. The van der Waals surface area contributed by atoms with Crippen molar-refractivity contribution in [3.63, 3.8) is 0 Å². The molecule has 1 rings (SSSR count). The van der Waals surface area contributed by atoms with E-state index in [1.54, 1.807) is 0 Å². The molecule has 0 fully saturated rings. The molecule has 17 heavy (non-hydrogen) atoms. The fourth-order valence-electron chi connectivity index (χ4n) is 0.811. The maximum Gasteiger partial charge on any atom is 0.402 e. The molecule has 0 radical (unpaired) electrons. The summed E-state index contributed by atoms with van der Waals surface area (Å²) in [6.45, 7) is -1.67. The molecule has 0 spiro atoms. The second kappa shape index (κ2) is 4.97. The van der Waals surface area contributed by atoms with E-state index in [1.165, 1.54) is 4.72 Å². The number of alkyl halides is 3. The van der Waals surface area contributed by atoms with Crippen molar-refractivity contribution in [2.75, 3.05) is 6.54 Å². The zero-order valence-corrected chi connectivity index (χ0v) is 10.3. The first-order valence-corrected chi connectivity index (χ1v) is 6.23. The highest BCUT2D eigenvalue weighted by molar-refractivity contribution is 7.89. The van der Waals surface area contributed by atoms with Gasteiger partial charge in [-0.25, -0.2) is 18.1 Å². The van der Waals surface area contributed by atoms with E-state index in [2.05, 4.69) is 4.98 Å². The van der Waals surface area contributed by atoms with Gasteiger partial charge in [0.1, 0.15) is 16.6 Å². The second-order valence-electron chi connectivity index (χ2n) is 2.88. The van der Waals surface area contributed by atoms with E-state index in [0.717, 1.165) is 12.3 Å². The molecule has 0 atom stereocenters. The molecule has 1 heterocycles. The van der Waals surface area contributed by atoms with Gasteiger partial charge in [0.05, 0.1) is 5.02 Å². The quantitative estimate of drug-likeness (QED) is 0.871. The Bertz CT molecular complexity index is 518. The summed E-state index contributed by atoms with van der Waals surface area (Å²) in [7, 11) is -4.31. The second-order valence-corrected chi connectivity index (χ2v) is 5.42. The van der Waals surface area contributed by atoms with Crippen LogP contribution >= 0.6 is 23.2 Å². The van der Waals surface area contributed by atoms with Crippen molar-refractivity contribution in [1.29, 1.82) is 0 Å². The zero-order chi connectivity index (χ0) is 13.3. The number of halogens is 5. The number of nitrogens with zero attached hydrogens (tertiary/aromatic N) is 1. The highest BCUT2D eigenvalue weighted by Gasteiger charge is 2.30. The summed E-state index contributed by atoms with van der Waals surface area (Å²) >= 11 is 10.9. The average Bonchev–Trinajstić information content (AvgIpc) is 2.18. The van der Waals surface area contributed by atoms with Crippen LogP contribution in [0, 0.1) is 0 Å². The van der Waals surface area contributed by atoms with Crippen LogP contribution in [-0.2, 0) is 10.0 Å². The number of pyridine rings is 1. The minimum Gasteiger partial charge on any atom is -0.242 e. The van der Waals surface area contributed by atoms with Gasteiger partial charge in [0.25, 0.3) is 0 Å². The van der Waals surface area contributed by atoms with Crippen LogP contribution in [0.25, 0.3) is 0 Å². The first-order valence-electron chi connectivity index (χ1n) is 3.99. The number of nitrogens with one attached hydrogen (secondary N) is 1. The minimum atomic E-state index is -4.64. The molecule has 1 aromatic heterocycles. The highest BCUT2D eigenvalue weighted by atomic mass is 35.5. The number of hydrogen-bond acceptors (Lipinski definition) is 3. The molecule has 0 aliphatic heterocycles. The summed E-state index contributed by atoms with van der Waals surface area (Å²) in [6.07, 6.45) is -3.83. The Morgan fingerprint density at radius 2 is 1.94 bits per heavy atom. The van der Waals surface area contributed by atoms with Gasteiger partial charge in [-0.1, -0.05) is 23.2 Å². The molecule has 0 amide bonds. The third-order valence-corrected chi connectivity index (χ3v) is 3.60. The Balaban J connectivity index is 2.94. The maximum atomic E-state index is 11.9. The smallest absolute Gasteiger partial charge is 0.242 e. The molecular weight excluding hydrogens is 304 g/mol. The topological polar surface area (TPSA) is 59.1 Å². The van der Waals surface area contributed by atoms with Crippen molar-refractivity contribution in [2.24, 2.45) is 0 Å². The van der Waals surface area contributed by atoms with Gasteiger partial charge < -0.3 is 0 Å². The molecule has 96 valence electrons. The summed E-state index contributed by atoms with van der Waals surface area (Å²) in [6, 6.07) is 0.912. The normalized spacial score (nSPS) is 12.8. The van der Waals surface area contributed by atoms with Crippen LogP contribution < -0.4 is 4.72 Å². The monoisotopic (exact) mass is 308 g/mol. The molecule has 4 nitrogen and oxygen atoms in total. The van der Waals surface area contributed by atoms with Crippen LogP contribution in [0.1, 0.15) is 0 Å². The van der Waals surface area contributed by atoms with Crippen LogP contribution in [0.2, 0.25) is 10.2 Å². The Morgan fingerprint density at radius 1 is 1.35 bits per heavy atom. The molecule has 1 aromatic rings. The Hall–Kier alpha value is -0.570. The Labute approximate surface area is 105 Å². The molecular formula is C7H5Cl2F3N2O2S. The fourth-order valence-corrected chi connectivity index (χ4v) is 2.13. The number of aromatic nitrogens is 1. The number of hydrogen-bond donors (Lipinski definition) is 1. The van der Waals surface area contributed by atoms with Gasteiger partial charge in [0.15, 0.2) is 0 Å². The molecule has 10 heteroatoms. The summed E-state index contributed by atoms with van der Waals surface area (Å²) in [5.74, 6) is 0. The number of rotatable bonds is 3. The lowest BCUT2D eigenvalue weighted by Crippen LogP contribution is -2.33. The van der Waals surface area contributed by atoms with Gasteiger partial charge in [-0.2, -0.15) is 13.2 Å². The SMILES string of the molecule is O=S(=O)(NCC(F)(F)F)c1cnc(Cl)c(Cl)c1. The van der Waals surface area contributed by atoms with E-state index in [9.17, 15) is 21.6 Å². The van der Waals surface area contributed by atoms with Crippen LogP contribution in [0.4, 0.5) is 13.2 Å². The lowest BCUT2D eigenvalue weighted by atomic mass is 10.5. The van der Waals surface area contributed by atoms with Crippen LogP contribution in [-0.4, -0.2) is 26.1 Å². The minimum absolute atomic E-state index is 0.138. The van der Waals surface area contributed by atoms with E-state index < -0.39 is 27.6 Å². The van der Waals surface area contributed by atoms with Crippen molar-refractivity contribution in [3.8, 4) is 0 Å². The van der Waals surface area contributed by atoms with Gasteiger partial charge in [-0.15, -0.1) is 0 Å². The van der Waals surface area contributed by atoms with Crippen molar-refractivity contribution < 1.29 is 21.6 Å². The number of sulfonamides is 1. The third-order valence-electron chi connectivity index (χ3n) is 1.54. The standard InChI is InChI=1S/C7H5Cl2F3N2O2S/c8-5-1-4(2-13-6(5)9)17(15,16)14-3-7(10,11)12/h1-2,14H,3H2. The van der Waals surface area contributed by atoms with E-state index >= 15 is 0 Å². The van der Waals surface area contributed by atoms with Crippen molar-refractivity contribution >= 4 is 33.2 Å². The molecule has 0 saturated carbocycles. The van der Waals surface area contributed by atoms with Crippen LogP contribution in [0.15, 0.2) is 17.2 Å². The van der Waals surface area contributed by atoms with Gasteiger partial charge in [-0.3, -0.25) is 0 Å². The summed E-state index contributed by atoms with van der Waals surface area (Å²) in [5.41, 5.74) is 0. The molecule has 0 aliphatic carbocycles. The summed E-state index contributed by atoms with van der Waals surface area (Å²) in [4.78, 5) is 2.93. The van der Waals surface area contributed by atoms with E-state index in [0.29, 0.717) is 0 Å². The predicted molar refractivity (Wildman–Crippen MR) is 55.5 cm³/mol.